The number of carbonyl (C=O) groups is 2. The van der Waals surface area contributed by atoms with E-state index in [1.807, 2.05) is 6.26 Å². The van der Waals surface area contributed by atoms with E-state index >= 15 is 0 Å². The van der Waals surface area contributed by atoms with Crippen LogP contribution >= 0.6 is 11.8 Å². The molecule has 6 heteroatoms. The second-order valence-electron chi connectivity index (χ2n) is 2.16. The standard InChI is InChI=1S/C6H12N2O3S/c1-12-3-2-4(5(9)10)8-6(7)11/h4H,2-3H2,1H3,(H,9,10)(H3,7,8,11)/p-1. The lowest BCUT2D eigenvalue weighted by atomic mass is 10.2. The number of amides is 2. The van der Waals surface area contributed by atoms with Crippen molar-refractivity contribution in [3.05, 3.63) is 0 Å². The summed E-state index contributed by atoms with van der Waals surface area (Å²) >= 11 is 1.49. The average Bonchev–Trinajstić information content (AvgIpc) is 1.96. The molecular formula is C6H11N2O3S-. The van der Waals surface area contributed by atoms with Gasteiger partial charge in [0, 0.05) is 0 Å². The van der Waals surface area contributed by atoms with Crippen LogP contribution in [0.1, 0.15) is 6.42 Å². The van der Waals surface area contributed by atoms with E-state index in [2.05, 4.69) is 5.32 Å². The molecular weight excluding hydrogens is 180 g/mol. The average molecular weight is 191 g/mol. The fourth-order valence-corrected chi connectivity index (χ4v) is 1.13. The molecule has 3 N–H and O–H groups in total. The fraction of sp³-hybridized carbons (Fsp3) is 0.667. The second-order valence-corrected chi connectivity index (χ2v) is 3.15. The smallest absolute Gasteiger partial charge is 0.312 e. The van der Waals surface area contributed by atoms with E-state index < -0.39 is 18.0 Å². The van der Waals surface area contributed by atoms with Gasteiger partial charge in [0.25, 0.3) is 0 Å². The van der Waals surface area contributed by atoms with Gasteiger partial charge in [-0.25, -0.2) is 4.79 Å². The molecule has 0 aliphatic rings. The zero-order valence-corrected chi connectivity index (χ0v) is 7.52. The van der Waals surface area contributed by atoms with Gasteiger partial charge in [0.1, 0.15) is 0 Å². The van der Waals surface area contributed by atoms with Crippen LogP contribution in [0.15, 0.2) is 0 Å². The van der Waals surface area contributed by atoms with E-state index in [9.17, 15) is 14.7 Å². The summed E-state index contributed by atoms with van der Waals surface area (Å²) < 4.78 is 0. The van der Waals surface area contributed by atoms with Crippen molar-refractivity contribution in [3.63, 3.8) is 0 Å². The number of carboxylic acid groups (broad SMARTS) is 1. The van der Waals surface area contributed by atoms with Gasteiger partial charge in [-0.15, -0.1) is 0 Å². The Morgan fingerprint density at radius 1 is 1.67 bits per heavy atom. The van der Waals surface area contributed by atoms with Gasteiger partial charge < -0.3 is 21.0 Å². The van der Waals surface area contributed by atoms with Crippen molar-refractivity contribution in [2.75, 3.05) is 12.0 Å². The summed E-state index contributed by atoms with van der Waals surface area (Å²) in [6.07, 6.45) is 2.17. The molecule has 0 fully saturated rings. The van der Waals surface area contributed by atoms with E-state index in [0.717, 1.165) is 0 Å². The molecule has 5 nitrogen and oxygen atoms in total. The first kappa shape index (κ1) is 11.1. The Morgan fingerprint density at radius 3 is 2.58 bits per heavy atom. The quantitative estimate of drug-likeness (QED) is 0.554. The number of nitrogens with one attached hydrogen (secondary N) is 1. The van der Waals surface area contributed by atoms with E-state index in [0.29, 0.717) is 12.2 Å². The highest BCUT2D eigenvalue weighted by Crippen LogP contribution is 1.99. The van der Waals surface area contributed by atoms with Gasteiger partial charge in [0.05, 0.1) is 12.0 Å². The second kappa shape index (κ2) is 5.70. The maximum Gasteiger partial charge on any atom is 0.312 e. The molecule has 0 rings (SSSR count). The SMILES string of the molecule is CSCCC(NC(N)=O)C(=O)[O-]. The van der Waals surface area contributed by atoms with Crippen molar-refractivity contribution >= 4 is 23.8 Å². The summed E-state index contributed by atoms with van der Waals surface area (Å²) in [4.78, 5) is 20.6. The van der Waals surface area contributed by atoms with Crippen LogP contribution in [-0.2, 0) is 4.79 Å². The number of primary amides is 1. The van der Waals surface area contributed by atoms with E-state index in [1.165, 1.54) is 11.8 Å². The van der Waals surface area contributed by atoms with Crippen molar-refractivity contribution in [2.45, 2.75) is 12.5 Å². The van der Waals surface area contributed by atoms with E-state index in [-0.39, 0.29) is 0 Å². The molecule has 70 valence electrons. The lowest BCUT2D eigenvalue weighted by molar-refractivity contribution is -0.308. The van der Waals surface area contributed by atoms with Crippen LogP contribution in [-0.4, -0.2) is 30.1 Å². The Labute approximate surface area is 74.7 Å². The van der Waals surface area contributed by atoms with Crippen LogP contribution < -0.4 is 16.2 Å². The molecule has 0 aliphatic heterocycles. The number of thioether (sulfide) groups is 1. The number of urea groups is 1. The van der Waals surface area contributed by atoms with Crippen LogP contribution in [0.4, 0.5) is 4.79 Å². The van der Waals surface area contributed by atoms with Gasteiger partial charge >= 0.3 is 6.03 Å². The molecule has 2 amide bonds. The first-order valence-corrected chi connectivity index (χ1v) is 4.73. The van der Waals surface area contributed by atoms with Gasteiger partial charge in [-0.3, -0.25) is 0 Å². The molecule has 0 saturated carbocycles. The van der Waals surface area contributed by atoms with Crippen molar-refractivity contribution in [1.29, 1.82) is 0 Å². The number of aliphatic carboxylic acids is 1. The molecule has 12 heavy (non-hydrogen) atoms. The lowest BCUT2D eigenvalue weighted by Gasteiger charge is -2.17. The lowest BCUT2D eigenvalue weighted by Crippen LogP contribution is -2.49. The van der Waals surface area contributed by atoms with Crippen LogP contribution in [0.3, 0.4) is 0 Å². The van der Waals surface area contributed by atoms with Crippen LogP contribution in [0.2, 0.25) is 0 Å². The Bertz CT molecular complexity index is 174. The highest BCUT2D eigenvalue weighted by Gasteiger charge is 2.09. The summed E-state index contributed by atoms with van der Waals surface area (Å²) in [5, 5.41) is 12.4. The molecule has 0 aliphatic carbocycles. The Morgan fingerprint density at radius 2 is 2.25 bits per heavy atom. The number of hydrogen-bond donors (Lipinski definition) is 2. The van der Waals surface area contributed by atoms with Crippen LogP contribution in [0.25, 0.3) is 0 Å². The Hall–Kier alpha value is -0.910. The van der Waals surface area contributed by atoms with Gasteiger partial charge in [-0.2, -0.15) is 11.8 Å². The van der Waals surface area contributed by atoms with Gasteiger partial charge in [0.2, 0.25) is 0 Å². The van der Waals surface area contributed by atoms with E-state index in [4.69, 9.17) is 5.73 Å². The third kappa shape index (κ3) is 4.84. The Kier molecular flexibility index (Phi) is 5.27. The predicted octanol–water partition coefficient (Wildman–Crippen LogP) is -1.47. The van der Waals surface area contributed by atoms with Crippen molar-refractivity contribution in [3.8, 4) is 0 Å². The summed E-state index contributed by atoms with van der Waals surface area (Å²) in [5.41, 5.74) is 4.75. The van der Waals surface area contributed by atoms with Crippen molar-refractivity contribution in [1.82, 2.24) is 5.32 Å². The fourth-order valence-electron chi connectivity index (χ4n) is 0.656. The predicted molar refractivity (Wildman–Crippen MR) is 44.5 cm³/mol. The molecule has 0 heterocycles. The highest BCUT2D eigenvalue weighted by atomic mass is 32.2. The number of nitrogens with two attached hydrogens (primary N) is 1. The first-order chi connectivity index (χ1) is 5.57. The zero-order chi connectivity index (χ0) is 9.56. The summed E-state index contributed by atoms with van der Waals surface area (Å²) in [6.45, 7) is 0. The third-order valence-corrected chi connectivity index (χ3v) is 1.86. The van der Waals surface area contributed by atoms with Crippen LogP contribution in [0.5, 0.6) is 0 Å². The molecule has 0 radical (unpaired) electrons. The summed E-state index contributed by atoms with van der Waals surface area (Å²) in [7, 11) is 0. The highest BCUT2D eigenvalue weighted by molar-refractivity contribution is 7.98. The molecule has 1 unspecified atom stereocenters. The number of hydrogen-bond acceptors (Lipinski definition) is 4. The molecule has 0 saturated heterocycles. The molecule has 0 aromatic rings. The molecule has 0 spiro atoms. The topological polar surface area (TPSA) is 95.2 Å². The molecule has 0 bridgehead atoms. The van der Waals surface area contributed by atoms with E-state index in [1.54, 1.807) is 0 Å². The summed E-state index contributed by atoms with van der Waals surface area (Å²) in [5.74, 6) is -0.665. The maximum absolute atomic E-state index is 10.4. The molecule has 0 aromatic heterocycles. The van der Waals surface area contributed by atoms with Crippen molar-refractivity contribution in [2.24, 2.45) is 5.73 Å². The monoisotopic (exact) mass is 191 g/mol. The van der Waals surface area contributed by atoms with Gasteiger partial charge in [-0.1, -0.05) is 0 Å². The maximum atomic E-state index is 10.4. The minimum atomic E-state index is -1.30. The summed E-state index contributed by atoms with van der Waals surface area (Å²) in [6, 6.07) is -1.82. The van der Waals surface area contributed by atoms with Crippen LogP contribution in [0, 0.1) is 0 Å². The van der Waals surface area contributed by atoms with Gasteiger partial charge in [0.15, 0.2) is 0 Å². The van der Waals surface area contributed by atoms with Gasteiger partial charge in [-0.05, 0) is 18.4 Å². The molecule has 0 aromatic carbocycles. The third-order valence-electron chi connectivity index (χ3n) is 1.21. The number of carbonyl (C=O) groups excluding carboxylic acids is 2. The number of carboxylic acids is 1. The molecule has 1 atom stereocenters. The van der Waals surface area contributed by atoms with Crippen molar-refractivity contribution < 1.29 is 14.7 Å². The minimum absolute atomic E-state index is 0.326. The largest absolute Gasteiger partial charge is 0.548 e. The first-order valence-electron chi connectivity index (χ1n) is 3.33. The normalized spacial score (nSPS) is 12.1. The number of rotatable bonds is 5. The Balaban J connectivity index is 3.87. The zero-order valence-electron chi connectivity index (χ0n) is 6.70. The minimum Gasteiger partial charge on any atom is -0.548 e.